The molecule has 7 heteroatoms. The molecule has 0 aromatic heterocycles. The van der Waals surface area contributed by atoms with Gasteiger partial charge >= 0.3 is 5.97 Å². The van der Waals surface area contributed by atoms with E-state index in [9.17, 15) is 13.6 Å². The third kappa shape index (κ3) is 4.41. The summed E-state index contributed by atoms with van der Waals surface area (Å²) in [7, 11) is 1.21. The van der Waals surface area contributed by atoms with Gasteiger partial charge in [-0.3, -0.25) is 0 Å². The molecular formula is C16H13BrF2O4. The largest absolute Gasteiger partial charge is 0.476 e. The average molecular weight is 387 g/mol. The Hall–Kier alpha value is -2.15. The number of carbonyl (C=O) groups excluding carboxylic acids is 1. The highest BCUT2D eigenvalue weighted by Gasteiger charge is 2.17. The van der Waals surface area contributed by atoms with E-state index in [2.05, 4.69) is 20.7 Å². The Morgan fingerprint density at radius 1 is 1.09 bits per heavy atom. The van der Waals surface area contributed by atoms with Gasteiger partial charge in [-0.25, -0.2) is 13.6 Å². The smallest absolute Gasteiger partial charge is 0.346 e. The van der Waals surface area contributed by atoms with Crippen molar-refractivity contribution in [3.63, 3.8) is 0 Å². The van der Waals surface area contributed by atoms with Gasteiger partial charge in [-0.2, -0.15) is 0 Å². The fraction of sp³-hybridized carbons (Fsp3) is 0.188. The molecule has 2 rings (SSSR count). The first kappa shape index (κ1) is 17.2. The fourth-order valence-corrected chi connectivity index (χ4v) is 2.06. The molecule has 1 unspecified atom stereocenters. The van der Waals surface area contributed by atoms with Crippen molar-refractivity contribution in [2.24, 2.45) is 0 Å². The Labute approximate surface area is 140 Å². The monoisotopic (exact) mass is 386 g/mol. The van der Waals surface area contributed by atoms with Gasteiger partial charge in [0.15, 0.2) is 29.2 Å². The zero-order valence-corrected chi connectivity index (χ0v) is 13.9. The Morgan fingerprint density at radius 2 is 1.74 bits per heavy atom. The highest BCUT2D eigenvalue weighted by Crippen LogP contribution is 2.30. The lowest BCUT2D eigenvalue weighted by atomic mass is 10.3. The fourth-order valence-electron chi connectivity index (χ4n) is 1.73. The number of esters is 1. The lowest BCUT2D eigenvalue weighted by molar-refractivity contribution is -0.148. The summed E-state index contributed by atoms with van der Waals surface area (Å²) in [6, 6.07) is 8.00. The molecule has 1 atom stereocenters. The van der Waals surface area contributed by atoms with Crippen molar-refractivity contribution in [2.45, 2.75) is 13.0 Å². The molecule has 122 valence electrons. The summed E-state index contributed by atoms with van der Waals surface area (Å²) in [6.45, 7) is 1.44. The van der Waals surface area contributed by atoms with Crippen LogP contribution in [-0.2, 0) is 9.53 Å². The van der Waals surface area contributed by atoms with E-state index in [-0.39, 0.29) is 17.2 Å². The Bertz CT molecular complexity index is 721. The second-order valence-electron chi connectivity index (χ2n) is 4.55. The second kappa shape index (κ2) is 7.41. The van der Waals surface area contributed by atoms with Gasteiger partial charge in [0.1, 0.15) is 5.75 Å². The van der Waals surface area contributed by atoms with Crippen molar-refractivity contribution < 1.29 is 27.8 Å². The topological polar surface area (TPSA) is 44.8 Å². The van der Waals surface area contributed by atoms with E-state index in [1.807, 2.05) is 0 Å². The van der Waals surface area contributed by atoms with Crippen molar-refractivity contribution in [1.29, 1.82) is 0 Å². The molecule has 2 aromatic rings. The van der Waals surface area contributed by atoms with Crippen LogP contribution >= 0.6 is 15.9 Å². The van der Waals surface area contributed by atoms with Gasteiger partial charge in [0.25, 0.3) is 0 Å². The van der Waals surface area contributed by atoms with Crippen LogP contribution in [0.5, 0.6) is 17.2 Å². The van der Waals surface area contributed by atoms with Gasteiger partial charge in [0.05, 0.1) is 7.11 Å². The van der Waals surface area contributed by atoms with E-state index < -0.39 is 23.7 Å². The third-order valence-electron chi connectivity index (χ3n) is 2.86. The van der Waals surface area contributed by atoms with Crippen molar-refractivity contribution in [3.05, 3.63) is 52.5 Å². The molecule has 0 spiro atoms. The predicted octanol–water partition coefficient (Wildman–Crippen LogP) is 4.46. The molecule has 0 aliphatic carbocycles. The van der Waals surface area contributed by atoms with E-state index >= 15 is 0 Å². The van der Waals surface area contributed by atoms with Gasteiger partial charge in [-0.05, 0) is 37.3 Å². The third-order valence-corrected chi connectivity index (χ3v) is 3.36. The highest BCUT2D eigenvalue weighted by atomic mass is 79.9. The lowest BCUT2D eigenvalue weighted by Crippen LogP contribution is -2.25. The standard InChI is InChI=1S/C16H13BrF2O4/c1-9(16(20)21-2)22-14-6-4-11(8-13(14)19)23-15-5-3-10(17)7-12(15)18/h3-9H,1-2H3. The van der Waals surface area contributed by atoms with Crippen LogP contribution in [0.3, 0.4) is 0 Å². The van der Waals surface area contributed by atoms with Gasteiger partial charge < -0.3 is 14.2 Å². The van der Waals surface area contributed by atoms with Crippen LogP contribution in [0.1, 0.15) is 6.92 Å². The first-order chi connectivity index (χ1) is 10.9. The Balaban J connectivity index is 2.14. The molecule has 0 aliphatic rings. The quantitative estimate of drug-likeness (QED) is 0.711. The van der Waals surface area contributed by atoms with Crippen LogP contribution in [-0.4, -0.2) is 19.2 Å². The molecule has 0 saturated heterocycles. The zero-order chi connectivity index (χ0) is 17.0. The number of ether oxygens (including phenoxy) is 3. The van der Waals surface area contributed by atoms with Crippen LogP contribution in [0.4, 0.5) is 8.78 Å². The summed E-state index contributed by atoms with van der Waals surface area (Å²) >= 11 is 3.13. The second-order valence-corrected chi connectivity index (χ2v) is 5.47. The minimum Gasteiger partial charge on any atom is -0.476 e. The van der Waals surface area contributed by atoms with Crippen molar-refractivity contribution in [3.8, 4) is 17.2 Å². The summed E-state index contributed by atoms with van der Waals surface area (Å²) in [5.74, 6) is -2.02. The van der Waals surface area contributed by atoms with Crippen LogP contribution in [0.15, 0.2) is 40.9 Å². The molecule has 0 radical (unpaired) electrons. The molecule has 0 aliphatic heterocycles. The maximum absolute atomic E-state index is 14.0. The summed E-state index contributed by atoms with van der Waals surface area (Å²) < 4.78 is 43.2. The summed E-state index contributed by atoms with van der Waals surface area (Å²) in [5.41, 5.74) is 0. The van der Waals surface area contributed by atoms with Crippen molar-refractivity contribution in [1.82, 2.24) is 0 Å². The number of carbonyl (C=O) groups is 1. The first-order valence-electron chi connectivity index (χ1n) is 6.57. The van der Waals surface area contributed by atoms with Gasteiger partial charge in [-0.15, -0.1) is 0 Å². The molecular weight excluding hydrogens is 374 g/mol. The lowest BCUT2D eigenvalue weighted by Gasteiger charge is -2.14. The Kier molecular flexibility index (Phi) is 5.54. The summed E-state index contributed by atoms with van der Waals surface area (Å²) in [6.07, 6.45) is -0.954. The van der Waals surface area contributed by atoms with Crippen molar-refractivity contribution >= 4 is 21.9 Å². The van der Waals surface area contributed by atoms with E-state index in [1.54, 1.807) is 6.07 Å². The van der Waals surface area contributed by atoms with Crippen LogP contribution in [0.2, 0.25) is 0 Å². The number of halogens is 3. The molecule has 0 amide bonds. The highest BCUT2D eigenvalue weighted by molar-refractivity contribution is 9.10. The summed E-state index contributed by atoms with van der Waals surface area (Å²) in [5, 5.41) is 0. The summed E-state index contributed by atoms with van der Waals surface area (Å²) in [4.78, 5) is 11.3. The van der Waals surface area contributed by atoms with Crippen LogP contribution < -0.4 is 9.47 Å². The maximum Gasteiger partial charge on any atom is 0.346 e. The molecule has 0 N–H and O–H groups in total. The first-order valence-corrected chi connectivity index (χ1v) is 7.37. The molecule has 2 aromatic carbocycles. The minimum atomic E-state index is -0.954. The van der Waals surface area contributed by atoms with Crippen LogP contribution in [0.25, 0.3) is 0 Å². The van der Waals surface area contributed by atoms with E-state index in [0.717, 1.165) is 6.07 Å². The normalized spacial score (nSPS) is 11.7. The number of benzene rings is 2. The van der Waals surface area contributed by atoms with Gasteiger partial charge in [0, 0.05) is 10.5 Å². The molecule has 23 heavy (non-hydrogen) atoms. The van der Waals surface area contributed by atoms with E-state index in [0.29, 0.717) is 4.47 Å². The number of hydrogen-bond acceptors (Lipinski definition) is 4. The Morgan fingerprint density at radius 3 is 2.35 bits per heavy atom. The van der Waals surface area contributed by atoms with E-state index in [1.165, 1.54) is 38.3 Å². The number of hydrogen-bond donors (Lipinski definition) is 0. The van der Waals surface area contributed by atoms with Gasteiger partial charge in [-0.1, -0.05) is 15.9 Å². The maximum atomic E-state index is 14.0. The van der Waals surface area contributed by atoms with Crippen LogP contribution in [0, 0.1) is 11.6 Å². The molecule has 0 heterocycles. The number of rotatable bonds is 5. The molecule has 4 nitrogen and oxygen atoms in total. The van der Waals surface area contributed by atoms with E-state index in [4.69, 9.17) is 9.47 Å². The molecule has 0 fully saturated rings. The molecule has 0 bridgehead atoms. The van der Waals surface area contributed by atoms with Gasteiger partial charge in [0.2, 0.25) is 0 Å². The SMILES string of the molecule is COC(=O)C(C)Oc1ccc(Oc2ccc(Br)cc2F)cc1F. The van der Waals surface area contributed by atoms with Crippen molar-refractivity contribution in [2.75, 3.05) is 7.11 Å². The average Bonchev–Trinajstić information content (AvgIpc) is 2.51. The predicted molar refractivity (Wildman–Crippen MR) is 82.7 cm³/mol. The zero-order valence-electron chi connectivity index (χ0n) is 12.3. The number of methoxy groups -OCH3 is 1. The molecule has 0 saturated carbocycles. The minimum absolute atomic E-state index is 0.0378.